The van der Waals surface area contributed by atoms with Crippen molar-refractivity contribution >= 4 is 17.3 Å². The molecule has 0 amide bonds. The fraction of sp³-hybridized carbons (Fsp3) is 0. The highest BCUT2D eigenvalue weighted by Crippen LogP contribution is 2.20. The van der Waals surface area contributed by atoms with Crippen LogP contribution in [-0.4, -0.2) is 16.1 Å². The Balaban J connectivity index is 2.32. The van der Waals surface area contributed by atoms with Crippen molar-refractivity contribution in [2.24, 2.45) is 0 Å². The second-order valence-corrected chi connectivity index (χ2v) is 3.54. The molecule has 0 spiro atoms. The number of aromatic nitrogens is 1. The molecule has 1 heterocycles. The van der Waals surface area contributed by atoms with Crippen molar-refractivity contribution < 1.29 is 9.90 Å². The van der Waals surface area contributed by atoms with Gasteiger partial charge in [0.15, 0.2) is 0 Å². The molecule has 0 saturated heterocycles. The van der Waals surface area contributed by atoms with Gasteiger partial charge in [0.05, 0.1) is 23.0 Å². The maximum Gasteiger partial charge on any atom is 0.335 e. The van der Waals surface area contributed by atoms with E-state index in [-0.39, 0.29) is 5.56 Å². The smallest absolute Gasteiger partial charge is 0.335 e. The van der Waals surface area contributed by atoms with Gasteiger partial charge in [-0.05, 0) is 24.3 Å². The molecule has 5 nitrogen and oxygen atoms in total. The predicted molar refractivity (Wildman–Crippen MR) is 65.6 cm³/mol. The van der Waals surface area contributed by atoms with E-state index in [9.17, 15) is 4.79 Å². The molecule has 0 atom stereocenters. The van der Waals surface area contributed by atoms with E-state index in [2.05, 4.69) is 10.3 Å². The van der Waals surface area contributed by atoms with Crippen LogP contribution in [0.4, 0.5) is 11.4 Å². The first-order valence-corrected chi connectivity index (χ1v) is 5.15. The van der Waals surface area contributed by atoms with Gasteiger partial charge in [-0.15, -0.1) is 0 Å². The second kappa shape index (κ2) is 4.97. The lowest BCUT2D eigenvalue weighted by molar-refractivity contribution is 0.0697. The van der Waals surface area contributed by atoms with Crippen LogP contribution in [0.15, 0.2) is 42.7 Å². The molecule has 2 aromatic rings. The Morgan fingerprint density at radius 3 is 2.94 bits per heavy atom. The molecule has 1 aromatic carbocycles. The van der Waals surface area contributed by atoms with Crippen LogP contribution in [0.5, 0.6) is 0 Å². The number of hydrogen-bond acceptors (Lipinski definition) is 4. The van der Waals surface area contributed by atoms with Crippen LogP contribution in [-0.2, 0) is 0 Å². The van der Waals surface area contributed by atoms with Crippen molar-refractivity contribution in [2.75, 3.05) is 5.32 Å². The molecule has 0 unspecified atom stereocenters. The molecule has 1 aromatic heterocycles. The Bertz CT molecular complexity index is 632. The van der Waals surface area contributed by atoms with Crippen molar-refractivity contribution in [1.29, 1.82) is 5.26 Å². The summed E-state index contributed by atoms with van der Waals surface area (Å²) in [6, 6.07) is 9.98. The third kappa shape index (κ3) is 2.44. The topological polar surface area (TPSA) is 86.0 Å². The van der Waals surface area contributed by atoms with Gasteiger partial charge in [0, 0.05) is 11.9 Å². The summed E-state index contributed by atoms with van der Waals surface area (Å²) in [7, 11) is 0. The van der Waals surface area contributed by atoms with E-state index in [4.69, 9.17) is 10.4 Å². The molecule has 0 bridgehead atoms. The van der Waals surface area contributed by atoms with Gasteiger partial charge in [-0.25, -0.2) is 4.79 Å². The Kier molecular flexibility index (Phi) is 3.21. The van der Waals surface area contributed by atoms with Crippen molar-refractivity contribution in [3.63, 3.8) is 0 Å². The zero-order valence-corrected chi connectivity index (χ0v) is 9.29. The number of anilines is 2. The molecule has 0 saturated carbocycles. The summed E-state index contributed by atoms with van der Waals surface area (Å²) in [6.45, 7) is 0. The van der Waals surface area contributed by atoms with E-state index < -0.39 is 5.97 Å². The van der Waals surface area contributed by atoms with E-state index in [1.165, 1.54) is 24.5 Å². The number of aromatic carboxylic acids is 1. The van der Waals surface area contributed by atoms with Crippen LogP contribution in [0.3, 0.4) is 0 Å². The van der Waals surface area contributed by atoms with Crippen LogP contribution in [0.2, 0.25) is 0 Å². The first-order valence-electron chi connectivity index (χ1n) is 5.15. The van der Waals surface area contributed by atoms with Crippen LogP contribution in [0.1, 0.15) is 15.9 Å². The van der Waals surface area contributed by atoms with Crippen molar-refractivity contribution in [2.45, 2.75) is 0 Å². The molecule has 0 aliphatic carbocycles. The average Bonchev–Trinajstić information content (AvgIpc) is 2.39. The molecule has 0 aliphatic heterocycles. The van der Waals surface area contributed by atoms with Crippen LogP contribution < -0.4 is 5.32 Å². The highest BCUT2D eigenvalue weighted by molar-refractivity contribution is 5.89. The molecule has 88 valence electrons. The van der Waals surface area contributed by atoms with Crippen molar-refractivity contribution in [3.05, 3.63) is 53.9 Å². The molecular weight excluding hydrogens is 230 g/mol. The van der Waals surface area contributed by atoms with Gasteiger partial charge in [0.1, 0.15) is 6.07 Å². The monoisotopic (exact) mass is 239 g/mol. The molecule has 0 aliphatic rings. The van der Waals surface area contributed by atoms with Gasteiger partial charge in [-0.2, -0.15) is 5.26 Å². The molecule has 2 rings (SSSR count). The lowest BCUT2D eigenvalue weighted by Crippen LogP contribution is -1.99. The van der Waals surface area contributed by atoms with Gasteiger partial charge in [0.2, 0.25) is 0 Å². The number of nitriles is 1. The summed E-state index contributed by atoms with van der Waals surface area (Å²) in [6.07, 6.45) is 3.05. The minimum absolute atomic E-state index is 0.183. The summed E-state index contributed by atoms with van der Waals surface area (Å²) in [4.78, 5) is 14.8. The van der Waals surface area contributed by atoms with Crippen molar-refractivity contribution in [1.82, 2.24) is 4.98 Å². The third-order valence-electron chi connectivity index (χ3n) is 2.33. The summed E-state index contributed by atoms with van der Waals surface area (Å²) < 4.78 is 0. The number of nitrogens with one attached hydrogen (secondary N) is 1. The van der Waals surface area contributed by atoms with Gasteiger partial charge < -0.3 is 10.4 Å². The number of carboxylic acids is 1. The van der Waals surface area contributed by atoms with E-state index in [1.54, 1.807) is 18.2 Å². The molecule has 5 heteroatoms. The van der Waals surface area contributed by atoms with Crippen LogP contribution in [0.25, 0.3) is 0 Å². The Labute approximate surface area is 103 Å². The molecule has 18 heavy (non-hydrogen) atoms. The number of benzene rings is 1. The number of carbonyl (C=O) groups is 1. The zero-order valence-electron chi connectivity index (χ0n) is 9.29. The first-order chi connectivity index (χ1) is 8.70. The SMILES string of the molecule is N#Cc1ccncc1Nc1cccc(C(=O)O)c1. The summed E-state index contributed by atoms with van der Waals surface area (Å²) in [5, 5.41) is 20.8. The zero-order chi connectivity index (χ0) is 13.0. The molecule has 2 N–H and O–H groups in total. The minimum Gasteiger partial charge on any atom is -0.478 e. The van der Waals surface area contributed by atoms with Gasteiger partial charge in [0.25, 0.3) is 0 Å². The maximum atomic E-state index is 10.8. The van der Waals surface area contributed by atoms with Crippen LogP contribution in [0, 0.1) is 11.3 Å². The van der Waals surface area contributed by atoms with E-state index in [0.29, 0.717) is 16.9 Å². The summed E-state index contributed by atoms with van der Waals surface area (Å²) >= 11 is 0. The molecular formula is C13H9N3O2. The van der Waals surface area contributed by atoms with Gasteiger partial charge in [-0.3, -0.25) is 4.98 Å². The minimum atomic E-state index is -0.995. The molecule has 0 fully saturated rings. The van der Waals surface area contributed by atoms with Crippen LogP contribution >= 0.6 is 0 Å². The normalized spacial score (nSPS) is 9.50. The second-order valence-electron chi connectivity index (χ2n) is 3.54. The highest BCUT2D eigenvalue weighted by atomic mass is 16.4. The maximum absolute atomic E-state index is 10.8. The van der Waals surface area contributed by atoms with Crippen molar-refractivity contribution in [3.8, 4) is 6.07 Å². The lowest BCUT2D eigenvalue weighted by Gasteiger charge is -2.07. The largest absolute Gasteiger partial charge is 0.478 e. The first kappa shape index (κ1) is 11.6. The summed E-state index contributed by atoms with van der Waals surface area (Å²) in [5.41, 5.74) is 1.77. The number of hydrogen-bond donors (Lipinski definition) is 2. The lowest BCUT2D eigenvalue weighted by atomic mass is 10.2. The Morgan fingerprint density at radius 1 is 1.39 bits per heavy atom. The number of carboxylic acid groups (broad SMARTS) is 1. The van der Waals surface area contributed by atoms with E-state index in [0.717, 1.165) is 0 Å². The van der Waals surface area contributed by atoms with E-state index in [1.807, 2.05) is 6.07 Å². The predicted octanol–water partition coefficient (Wildman–Crippen LogP) is 2.40. The number of pyridine rings is 1. The third-order valence-corrected chi connectivity index (χ3v) is 2.33. The quantitative estimate of drug-likeness (QED) is 0.858. The fourth-order valence-corrected chi connectivity index (χ4v) is 1.48. The molecule has 0 radical (unpaired) electrons. The van der Waals surface area contributed by atoms with Gasteiger partial charge >= 0.3 is 5.97 Å². The number of rotatable bonds is 3. The van der Waals surface area contributed by atoms with E-state index >= 15 is 0 Å². The standard InChI is InChI=1S/C13H9N3O2/c14-7-10-4-5-15-8-12(10)16-11-3-1-2-9(6-11)13(17)18/h1-6,8,16H,(H,17,18). The van der Waals surface area contributed by atoms with Gasteiger partial charge in [-0.1, -0.05) is 6.07 Å². The highest BCUT2D eigenvalue weighted by Gasteiger charge is 2.05. The Hall–Kier alpha value is -2.87. The number of nitrogens with zero attached hydrogens (tertiary/aromatic N) is 2. The fourth-order valence-electron chi connectivity index (χ4n) is 1.48. The summed E-state index contributed by atoms with van der Waals surface area (Å²) in [5.74, 6) is -0.995. The Morgan fingerprint density at radius 2 is 2.22 bits per heavy atom. The average molecular weight is 239 g/mol.